The minimum Gasteiger partial charge on any atom is -0.378 e. The number of thiol groups is 1. The first-order valence-electron chi connectivity index (χ1n) is 5.98. The van der Waals surface area contributed by atoms with Gasteiger partial charge in [0.25, 0.3) is 0 Å². The Morgan fingerprint density at radius 1 is 1.43 bits per heavy atom. The van der Waals surface area contributed by atoms with Gasteiger partial charge < -0.3 is 4.74 Å². The quantitative estimate of drug-likeness (QED) is 0.692. The number of rotatable bonds is 5. The fourth-order valence-corrected chi connectivity index (χ4v) is 2.22. The molecule has 1 aliphatic rings. The summed E-state index contributed by atoms with van der Waals surface area (Å²) in [6.45, 7) is 5.39. The van der Waals surface area contributed by atoms with E-state index in [0.717, 1.165) is 18.3 Å². The molecule has 0 bridgehead atoms. The lowest BCUT2D eigenvalue weighted by Crippen LogP contribution is -2.24. The van der Waals surface area contributed by atoms with Crippen LogP contribution in [0.2, 0.25) is 0 Å². The molecule has 2 heteroatoms. The number of hydrogen-bond donors (Lipinski definition) is 1. The molecule has 3 unspecified atom stereocenters. The van der Waals surface area contributed by atoms with Crippen molar-refractivity contribution in [2.45, 2.75) is 52.1 Å². The highest BCUT2D eigenvalue weighted by Crippen LogP contribution is 2.28. The van der Waals surface area contributed by atoms with E-state index in [1.54, 1.807) is 0 Å². The van der Waals surface area contributed by atoms with E-state index in [-0.39, 0.29) is 0 Å². The lowest BCUT2D eigenvalue weighted by atomic mass is 9.85. The lowest BCUT2D eigenvalue weighted by Gasteiger charge is -2.29. The molecule has 1 saturated carbocycles. The fourth-order valence-electron chi connectivity index (χ4n) is 2.12. The van der Waals surface area contributed by atoms with E-state index in [9.17, 15) is 0 Å². The van der Waals surface area contributed by atoms with Gasteiger partial charge in [0.05, 0.1) is 12.7 Å². The summed E-state index contributed by atoms with van der Waals surface area (Å²) in [5, 5.41) is 0. The standard InChI is InChI=1S/C12H24OS/c1-3-11-5-4-6-12(7-11)13-8-10(2)9-14/h10-12,14H,3-9H2,1-2H3. The van der Waals surface area contributed by atoms with Crippen LogP contribution in [-0.4, -0.2) is 18.5 Å². The van der Waals surface area contributed by atoms with Crippen molar-refractivity contribution in [1.29, 1.82) is 0 Å². The van der Waals surface area contributed by atoms with E-state index in [4.69, 9.17) is 4.74 Å². The van der Waals surface area contributed by atoms with E-state index < -0.39 is 0 Å². The molecule has 0 aromatic heterocycles. The molecule has 0 heterocycles. The number of hydrogen-bond acceptors (Lipinski definition) is 2. The Hall–Kier alpha value is 0.310. The summed E-state index contributed by atoms with van der Waals surface area (Å²) in [6, 6.07) is 0. The molecule has 1 aliphatic carbocycles. The summed E-state index contributed by atoms with van der Waals surface area (Å²) < 4.78 is 5.92. The van der Waals surface area contributed by atoms with Gasteiger partial charge in [-0.05, 0) is 30.4 Å². The normalized spacial score (nSPS) is 30.2. The fraction of sp³-hybridized carbons (Fsp3) is 1.00. The van der Waals surface area contributed by atoms with Crippen molar-refractivity contribution in [2.75, 3.05) is 12.4 Å². The Morgan fingerprint density at radius 3 is 2.86 bits per heavy atom. The average Bonchev–Trinajstić information content (AvgIpc) is 2.26. The van der Waals surface area contributed by atoms with Crippen LogP contribution in [0.5, 0.6) is 0 Å². The molecule has 0 saturated heterocycles. The third-order valence-corrected chi connectivity index (χ3v) is 3.86. The molecule has 1 fully saturated rings. The molecule has 3 atom stereocenters. The van der Waals surface area contributed by atoms with Crippen molar-refractivity contribution >= 4 is 12.6 Å². The highest BCUT2D eigenvalue weighted by atomic mass is 32.1. The largest absolute Gasteiger partial charge is 0.378 e. The van der Waals surface area contributed by atoms with Crippen LogP contribution >= 0.6 is 12.6 Å². The first-order valence-corrected chi connectivity index (χ1v) is 6.62. The molecule has 1 rings (SSSR count). The maximum Gasteiger partial charge on any atom is 0.0577 e. The van der Waals surface area contributed by atoms with Crippen LogP contribution in [0.15, 0.2) is 0 Å². The topological polar surface area (TPSA) is 9.23 Å². The summed E-state index contributed by atoms with van der Waals surface area (Å²) in [4.78, 5) is 0. The van der Waals surface area contributed by atoms with Gasteiger partial charge in [-0.1, -0.05) is 33.1 Å². The highest BCUT2D eigenvalue weighted by Gasteiger charge is 2.21. The molecule has 0 aromatic rings. The average molecular weight is 216 g/mol. The van der Waals surface area contributed by atoms with Gasteiger partial charge >= 0.3 is 0 Å². The molecule has 84 valence electrons. The van der Waals surface area contributed by atoms with Gasteiger partial charge in [0, 0.05) is 0 Å². The van der Waals surface area contributed by atoms with Gasteiger partial charge in [0.1, 0.15) is 0 Å². The predicted molar refractivity (Wildman–Crippen MR) is 65.0 cm³/mol. The molecule has 1 nitrogen and oxygen atoms in total. The van der Waals surface area contributed by atoms with E-state index in [0.29, 0.717) is 12.0 Å². The van der Waals surface area contributed by atoms with Gasteiger partial charge in [-0.15, -0.1) is 0 Å². The van der Waals surface area contributed by atoms with E-state index in [2.05, 4.69) is 26.5 Å². The third-order valence-electron chi connectivity index (χ3n) is 3.24. The molecular weight excluding hydrogens is 192 g/mol. The zero-order valence-electron chi connectivity index (χ0n) is 9.54. The molecule has 0 spiro atoms. The van der Waals surface area contributed by atoms with Gasteiger partial charge in [0.2, 0.25) is 0 Å². The summed E-state index contributed by atoms with van der Waals surface area (Å²) in [5.74, 6) is 2.45. The van der Waals surface area contributed by atoms with Crippen LogP contribution in [0.25, 0.3) is 0 Å². The lowest BCUT2D eigenvalue weighted by molar-refractivity contribution is 0.000166. The second-order valence-electron chi connectivity index (χ2n) is 4.68. The monoisotopic (exact) mass is 216 g/mol. The summed E-state index contributed by atoms with van der Waals surface area (Å²) in [6.07, 6.45) is 7.20. The zero-order chi connectivity index (χ0) is 10.4. The van der Waals surface area contributed by atoms with Gasteiger partial charge in [-0.3, -0.25) is 0 Å². The summed E-state index contributed by atoms with van der Waals surface area (Å²) >= 11 is 4.27. The molecule has 14 heavy (non-hydrogen) atoms. The Morgan fingerprint density at radius 2 is 2.21 bits per heavy atom. The molecule has 0 amide bonds. The molecule has 0 aromatic carbocycles. The van der Waals surface area contributed by atoms with Gasteiger partial charge in [0.15, 0.2) is 0 Å². The van der Waals surface area contributed by atoms with Gasteiger partial charge in [-0.25, -0.2) is 0 Å². The first-order chi connectivity index (χ1) is 6.76. The molecule has 0 radical (unpaired) electrons. The van der Waals surface area contributed by atoms with Crippen molar-refractivity contribution in [3.8, 4) is 0 Å². The van der Waals surface area contributed by atoms with Gasteiger partial charge in [-0.2, -0.15) is 12.6 Å². The van der Waals surface area contributed by atoms with E-state index >= 15 is 0 Å². The van der Waals surface area contributed by atoms with Crippen molar-refractivity contribution in [1.82, 2.24) is 0 Å². The smallest absolute Gasteiger partial charge is 0.0577 e. The van der Waals surface area contributed by atoms with Crippen LogP contribution in [-0.2, 0) is 4.74 Å². The Balaban J connectivity index is 2.17. The summed E-state index contributed by atoms with van der Waals surface area (Å²) in [5.41, 5.74) is 0. The van der Waals surface area contributed by atoms with Crippen LogP contribution < -0.4 is 0 Å². The van der Waals surface area contributed by atoms with Crippen LogP contribution in [0.3, 0.4) is 0 Å². The van der Waals surface area contributed by atoms with Crippen molar-refractivity contribution < 1.29 is 4.74 Å². The maximum atomic E-state index is 5.92. The minimum absolute atomic E-state index is 0.538. The summed E-state index contributed by atoms with van der Waals surface area (Å²) in [7, 11) is 0. The highest BCUT2D eigenvalue weighted by molar-refractivity contribution is 7.80. The van der Waals surface area contributed by atoms with Crippen molar-refractivity contribution in [3.05, 3.63) is 0 Å². The first kappa shape index (κ1) is 12.4. The van der Waals surface area contributed by atoms with E-state index in [1.165, 1.54) is 32.1 Å². The van der Waals surface area contributed by atoms with E-state index in [1.807, 2.05) is 0 Å². The molecular formula is C12H24OS. The Kier molecular flexibility index (Phi) is 5.95. The third kappa shape index (κ3) is 4.22. The number of ether oxygens (including phenoxy) is 1. The van der Waals surface area contributed by atoms with Crippen molar-refractivity contribution in [2.24, 2.45) is 11.8 Å². The Bertz CT molecular complexity index is 149. The van der Waals surface area contributed by atoms with Crippen LogP contribution in [0, 0.1) is 11.8 Å². The van der Waals surface area contributed by atoms with Crippen LogP contribution in [0.1, 0.15) is 46.0 Å². The predicted octanol–water partition coefficient (Wildman–Crippen LogP) is 3.54. The Labute approximate surface area is 94.0 Å². The van der Waals surface area contributed by atoms with Crippen molar-refractivity contribution in [3.63, 3.8) is 0 Å². The zero-order valence-corrected chi connectivity index (χ0v) is 10.4. The molecule has 0 aliphatic heterocycles. The SMILES string of the molecule is CCC1CCCC(OCC(C)CS)C1. The minimum atomic E-state index is 0.538. The van der Waals surface area contributed by atoms with Crippen LogP contribution in [0.4, 0.5) is 0 Å². The maximum absolute atomic E-state index is 5.92. The second kappa shape index (κ2) is 6.73. The molecule has 0 N–H and O–H groups in total. The second-order valence-corrected chi connectivity index (χ2v) is 5.05.